The molecule has 2 rings (SSSR count). The van der Waals surface area contributed by atoms with Crippen LogP contribution in [-0.2, 0) is 16.4 Å². The van der Waals surface area contributed by atoms with Gasteiger partial charge in [0.2, 0.25) is 5.13 Å². The van der Waals surface area contributed by atoms with E-state index >= 15 is 0 Å². The number of hydrogen-bond donors (Lipinski definition) is 1. The Labute approximate surface area is 129 Å². The zero-order valence-electron chi connectivity index (χ0n) is 12.2. The lowest BCUT2D eigenvalue weighted by Crippen LogP contribution is -2.12. The molecule has 114 valence electrons. The first-order valence-corrected chi connectivity index (χ1v) is 9.23. The van der Waals surface area contributed by atoms with Gasteiger partial charge in [-0.05, 0) is 25.5 Å². The molecule has 0 saturated carbocycles. The van der Waals surface area contributed by atoms with Gasteiger partial charge in [-0.15, -0.1) is 10.2 Å². The Hall–Kier alpha value is -1.47. The summed E-state index contributed by atoms with van der Waals surface area (Å²) in [5, 5.41) is 9.11. The topological polar surface area (TPSA) is 72.0 Å². The lowest BCUT2D eigenvalue weighted by Gasteiger charge is -2.04. The van der Waals surface area contributed by atoms with Gasteiger partial charge in [-0.2, -0.15) is 0 Å². The zero-order valence-corrected chi connectivity index (χ0v) is 13.8. The number of benzene rings is 1. The van der Waals surface area contributed by atoms with Crippen LogP contribution in [0.5, 0.6) is 0 Å². The highest BCUT2D eigenvalue weighted by Gasteiger charge is 2.16. The maximum Gasteiger partial charge on any atom is 0.263 e. The summed E-state index contributed by atoms with van der Waals surface area (Å²) in [6.45, 7) is 4.05. The van der Waals surface area contributed by atoms with Crippen LogP contribution in [0.15, 0.2) is 29.2 Å². The number of anilines is 1. The van der Waals surface area contributed by atoms with Crippen molar-refractivity contribution in [2.45, 2.75) is 44.4 Å². The summed E-state index contributed by atoms with van der Waals surface area (Å²) in [4.78, 5) is 0.232. The first kappa shape index (κ1) is 15.9. The summed E-state index contributed by atoms with van der Waals surface area (Å²) in [6.07, 6.45) is 4.18. The molecule has 7 heteroatoms. The van der Waals surface area contributed by atoms with Crippen molar-refractivity contribution < 1.29 is 8.42 Å². The van der Waals surface area contributed by atoms with Gasteiger partial charge in [0.1, 0.15) is 5.01 Å². The van der Waals surface area contributed by atoms with Crippen LogP contribution >= 0.6 is 11.3 Å². The summed E-state index contributed by atoms with van der Waals surface area (Å²) in [5.41, 5.74) is 1.02. The fourth-order valence-corrected chi connectivity index (χ4v) is 3.83. The first-order chi connectivity index (χ1) is 10.0. The van der Waals surface area contributed by atoms with Gasteiger partial charge in [0.15, 0.2) is 0 Å². The number of aromatic nitrogens is 2. The van der Waals surface area contributed by atoms with E-state index in [-0.39, 0.29) is 4.90 Å². The van der Waals surface area contributed by atoms with Gasteiger partial charge in [-0.1, -0.05) is 48.8 Å². The van der Waals surface area contributed by atoms with Crippen LogP contribution in [0.2, 0.25) is 0 Å². The van der Waals surface area contributed by atoms with Crippen molar-refractivity contribution >= 4 is 26.5 Å². The molecule has 0 aliphatic heterocycles. The second-order valence-corrected chi connectivity index (χ2v) is 7.62. The van der Waals surface area contributed by atoms with E-state index in [0.29, 0.717) is 5.13 Å². The molecule has 1 heterocycles. The third-order valence-corrected chi connectivity index (χ3v) is 5.40. The Morgan fingerprint density at radius 3 is 2.52 bits per heavy atom. The van der Waals surface area contributed by atoms with E-state index in [1.165, 1.54) is 11.3 Å². The SMILES string of the molecule is CCCCCc1nnc(NS(=O)(=O)c2ccc(C)cc2)s1. The maximum atomic E-state index is 12.2. The monoisotopic (exact) mass is 325 g/mol. The number of nitrogens with one attached hydrogen (secondary N) is 1. The molecule has 1 aromatic carbocycles. The molecule has 1 aromatic heterocycles. The number of nitrogens with zero attached hydrogens (tertiary/aromatic N) is 2. The van der Waals surface area contributed by atoms with Crippen molar-refractivity contribution in [1.82, 2.24) is 10.2 Å². The molecule has 0 spiro atoms. The maximum absolute atomic E-state index is 12.2. The Morgan fingerprint density at radius 1 is 1.14 bits per heavy atom. The van der Waals surface area contributed by atoms with Crippen LogP contribution in [0.3, 0.4) is 0 Å². The molecule has 0 aliphatic rings. The fourth-order valence-electron chi connectivity index (χ4n) is 1.81. The lowest BCUT2D eigenvalue weighted by atomic mass is 10.2. The molecule has 0 amide bonds. The van der Waals surface area contributed by atoms with E-state index in [2.05, 4.69) is 21.8 Å². The third kappa shape index (κ3) is 4.50. The number of unbranched alkanes of at least 4 members (excludes halogenated alkanes) is 2. The van der Waals surface area contributed by atoms with E-state index in [9.17, 15) is 8.42 Å². The summed E-state index contributed by atoms with van der Waals surface area (Å²) in [7, 11) is -3.58. The smallest absolute Gasteiger partial charge is 0.253 e. The van der Waals surface area contributed by atoms with Crippen molar-refractivity contribution in [3.63, 3.8) is 0 Å². The predicted octanol–water partition coefficient (Wildman–Crippen LogP) is 3.38. The Kier molecular flexibility index (Phi) is 5.30. The highest BCUT2D eigenvalue weighted by Crippen LogP contribution is 2.21. The lowest BCUT2D eigenvalue weighted by molar-refractivity contribution is 0.601. The van der Waals surface area contributed by atoms with E-state index < -0.39 is 10.0 Å². The van der Waals surface area contributed by atoms with Crippen LogP contribution < -0.4 is 4.72 Å². The molecule has 0 unspecified atom stereocenters. The van der Waals surface area contributed by atoms with E-state index in [1.807, 2.05) is 6.92 Å². The number of aryl methyl sites for hydroxylation is 2. The molecular formula is C14H19N3O2S2. The molecule has 0 fully saturated rings. The predicted molar refractivity (Wildman–Crippen MR) is 85.1 cm³/mol. The van der Waals surface area contributed by atoms with Crippen molar-refractivity contribution in [2.75, 3.05) is 4.72 Å². The first-order valence-electron chi connectivity index (χ1n) is 6.93. The molecule has 0 radical (unpaired) electrons. The molecule has 2 aromatic rings. The van der Waals surface area contributed by atoms with E-state index in [4.69, 9.17) is 0 Å². The minimum Gasteiger partial charge on any atom is -0.253 e. The van der Waals surface area contributed by atoms with Gasteiger partial charge in [-0.3, -0.25) is 4.72 Å². The molecule has 0 bridgehead atoms. The van der Waals surface area contributed by atoms with Gasteiger partial charge in [0.05, 0.1) is 4.90 Å². The number of sulfonamides is 1. The van der Waals surface area contributed by atoms with Gasteiger partial charge in [-0.25, -0.2) is 8.42 Å². The van der Waals surface area contributed by atoms with Crippen molar-refractivity contribution in [2.24, 2.45) is 0 Å². The van der Waals surface area contributed by atoms with Crippen LogP contribution in [-0.4, -0.2) is 18.6 Å². The minimum absolute atomic E-state index is 0.232. The fraction of sp³-hybridized carbons (Fsp3) is 0.429. The summed E-state index contributed by atoms with van der Waals surface area (Å²) in [5.74, 6) is 0. The minimum atomic E-state index is -3.58. The Morgan fingerprint density at radius 2 is 1.86 bits per heavy atom. The second-order valence-electron chi connectivity index (χ2n) is 4.88. The quantitative estimate of drug-likeness (QED) is 0.792. The van der Waals surface area contributed by atoms with Crippen LogP contribution in [0.25, 0.3) is 0 Å². The molecule has 0 aliphatic carbocycles. The van der Waals surface area contributed by atoms with Crippen molar-refractivity contribution in [3.05, 3.63) is 34.8 Å². The van der Waals surface area contributed by atoms with Crippen LogP contribution in [0.1, 0.15) is 36.8 Å². The van der Waals surface area contributed by atoms with Crippen molar-refractivity contribution in [1.29, 1.82) is 0 Å². The third-order valence-electron chi connectivity index (χ3n) is 3.01. The largest absolute Gasteiger partial charge is 0.263 e. The van der Waals surface area contributed by atoms with Gasteiger partial charge in [0.25, 0.3) is 10.0 Å². The molecule has 0 saturated heterocycles. The second kappa shape index (κ2) is 7.00. The summed E-state index contributed by atoms with van der Waals surface area (Å²) < 4.78 is 26.9. The summed E-state index contributed by atoms with van der Waals surface area (Å²) in [6, 6.07) is 6.71. The van der Waals surface area contributed by atoms with Crippen LogP contribution in [0, 0.1) is 6.92 Å². The van der Waals surface area contributed by atoms with Gasteiger partial charge < -0.3 is 0 Å². The average Bonchev–Trinajstić information content (AvgIpc) is 2.86. The molecule has 5 nitrogen and oxygen atoms in total. The molecule has 0 atom stereocenters. The number of rotatable bonds is 7. The average molecular weight is 325 g/mol. The zero-order chi connectivity index (χ0) is 15.3. The molecular weight excluding hydrogens is 306 g/mol. The standard InChI is InChI=1S/C14H19N3O2S2/c1-3-4-5-6-13-15-16-14(20-13)17-21(18,19)12-9-7-11(2)8-10-12/h7-10H,3-6H2,1-2H3,(H,16,17). The van der Waals surface area contributed by atoms with Crippen LogP contribution in [0.4, 0.5) is 5.13 Å². The molecule has 21 heavy (non-hydrogen) atoms. The molecule has 1 N–H and O–H groups in total. The summed E-state index contributed by atoms with van der Waals surface area (Å²) >= 11 is 1.30. The normalized spacial score (nSPS) is 11.5. The Bertz CT molecular complexity index is 678. The van der Waals surface area contributed by atoms with E-state index in [1.54, 1.807) is 24.3 Å². The highest BCUT2D eigenvalue weighted by atomic mass is 32.2. The van der Waals surface area contributed by atoms with E-state index in [0.717, 1.165) is 36.3 Å². The Balaban J connectivity index is 2.05. The highest BCUT2D eigenvalue weighted by molar-refractivity contribution is 7.93. The van der Waals surface area contributed by atoms with Gasteiger partial charge >= 0.3 is 0 Å². The van der Waals surface area contributed by atoms with Crippen molar-refractivity contribution in [3.8, 4) is 0 Å². The number of hydrogen-bond acceptors (Lipinski definition) is 5. The van der Waals surface area contributed by atoms with Gasteiger partial charge in [0, 0.05) is 6.42 Å².